The summed E-state index contributed by atoms with van der Waals surface area (Å²) in [6.07, 6.45) is 1.67. The molecule has 0 radical (unpaired) electrons. The number of hydrogen-bond acceptors (Lipinski definition) is 8. The van der Waals surface area contributed by atoms with Crippen LogP contribution in [0.25, 0.3) is 27.1 Å². The highest BCUT2D eigenvalue weighted by atomic mass is 32.1. The Morgan fingerprint density at radius 1 is 1.13 bits per heavy atom. The lowest BCUT2D eigenvalue weighted by atomic mass is 10.2. The number of aromatic nitrogens is 5. The van der Waals surface area contributed by atoms with Gasteiger partial charge in [-0.3, -0.25) is 4.98 Å². The van der Waals surface area contributed by atoms with Gasteiger partial charge in [-0.2, -0.15) is 9.61 Å². The van der Waals surface area contributed by atoms with Crippen LogP contribution in [0.2, 0.25) is 0 Å². The summed E-state index contributed by atoms with van der Waals surface area (Å²) in [5.41, 5.74) is 1.96. The molecule has 0 unspecified atom stereocenters. The van der Waals surface area contributed by atoms with Crippen molar-refractivity contribution >= 4 is 33.9 Å². The van der Waals surface area contributed by atoms with E-state index in [1.54, 1.807) is 48.2 Å². The minimum absolute atomic E-state index is 0.146. The van der Waals surface area contributed by atoms with Gasteiger partial charge in [0, 0.05) is 17.6 Å². The molecule has 0 bridgehead atoms. The number of benzene rings is 1. The van der Waals surface area contributed by atoms with Crippen molar-refractivity contribution in [2.24, 2.45) is 0 Å². The third kappa shape index (κ3) is 3.53. The molecule has 4 heterocycles. The van der Waals surface area contributed by atoms with Crippen LogP contribution in [0.3, 0.4) is 0 Å². The van der Waals surface area contributed by atoms with E-state index in [1.807, 2.05) is 18.2 Å². The monoisotopic (exact) mass is 433 g/mol. The summed E-state index contributed by atoms with van der Waals surface area (Å²) < 4.78 is 12.9. The highest BCUT2D eigenvalue weighted by molar-refractivity contribution is 7.17. The van der Waals surface area contributed by atoms with Crippen LogP contribution in [-0.4, -0.2) is 43.0 Å². The number of fused-ring (bicyclic) bond motifs is 2. The van der Waals surface area contributed by atoms with Crippen LogP contribution >= 0.6 is 11.3 Å². The van der Waals surface area contributed by atoms with Crippen molar-refractivity contribution in [3.63, 3.8) is 0 Å². The van der Waals surface area contributed by atoms with Gasteiger partial charge in [-0.05, 0) is 42.5 Å². The average molecular weight is 433 g/mol. The molecule has 10 heteroatoms. The Balaban J connectivity index is 1.44. The minimum Gasteiger partial charge on any atom is -0.497 e. The summed E-state index contributed by atoms with van der Waals surface area (Å²) in [5, 5.41) is 22.9. The van der Waals surface area contributed by atoms with Gasteiger partial charge < -0.3 is 14.6 Å². The maximum Gasteiger partial charge on any atom is 0.345 e. The summed E-state index contributed by atoms with van der Waals surface area (Å²) >= 11 is 1.16. The van der Waals surface area contributed by atoms with E-state index in [2.05, 4.69) is 20.3 Å². The lowest BCUT2D eigenvalue weighted by Gasteiger charge is -2.09. The summed E-state index contributed by atoms with van der Waals surface area (Å²) in [6.45, 7) is 0.146. The number of aromatic carboxylic acids is 1. The predicted molar refractivity (Wildman–Crippen MR) is 114 cm³/mol. The van der Waals surface area contributed by atoms with Crippen molar-refractivity contribution in [2.45, 2.75) is 6.61 Å². The Kier molecular flexibility index (Phi) is 4.68. The van der Waals surface area contributed by atoms with Crippen molar-refractivity contribution in [3.8, 4) is 22.1 Å². The molecular weight excluding hydrogens is 418 g/mol. The quantitative estimate of drug-likeness (QED) is 0.432. The van der Waals surface area contributed by atoms with E-state index in [1.165, 1.54) is 0 Å². The van der Waals surface area contributed by atoms with E-state index in [9.17, 15) is 4.79 Å². The summed E-state index contributed by atoms with van der Waals surface area (Å²) in [7, 11) is 1.61. The van der Waals surface area contributed by atoms with Gasteiger partial charge >= 0.3 is 5.97 Å². The molecule has 5 rings (SSSR count). The van der Waals surface area contributed by atoms with E-state index >= 15 is 0 Å². The number of rotatable bonds is 6. The van der Waals surface area contributed by atoms with E-state index in [0.717, 1.165) is 32.9 Å². The van der Waals surface area contributed by atoms with E-state index in [0.29, 0.717) is 22.9 Å². The largest absolute Gasteiger partial charge is 0.497 e. The molecule has 1 N–H and O–H groups in total. The van der Waals surface area contributed by atoms with Crippen LogP contribution in [0.4, 0.5) is 0 Å². The molecule has 5 aromatic rings. The fraction of sp³-hybridized carbons (Fsp3) is 0.0952. The third-order valence-corrected chi connectivity index (χ3v) is 5.76. The Morgan fingerprint density at radius 2 is 2.03 bits per heavy atom. The zero-order valence-corrected chi connectivity index (χ0v) is 17.0. The summed E-state index contributed by atoms with van der Waals surface area (Å²) in [4.78, 5) is 16.5. The first-order valence-corrected chi connectivity index (χ1v) is 10.0. The van der Waals surface area contributed by atoms with E-state index < -0.39 is 5.97 Å². The zero-order valence-electron chi connectivity index (χ0n) is 16.2. The maximum absolute atomic E-state index is 11.2. The van der Waals surface area contributed by atoms with Crippen LogP contribution in [0.1, 0.15) is 15.5 Å². The van der Waals surface area contributed by atoms with Crippen LogP contribution in [0.5, 0.6) is 11.5 Å². The topological polar surface area (TPSA) is 112 Å². The van der Waals surface area contributed by atoms with Crippen molar-refractivity contribution < 1.29 is 19.4 Å². The number of nitrogens with zero attached hydrogens (tertiary/aromatic N) is 5. The molecule has 0 amide bonds. The smallest absolute Gasteiger partial charge is 0.345 e. The molecule has 0 saturated heterocycles. The minimum atomic E-state index is -0.960. The third-order valence-electron chi connectivity index (χ3n) is 4.66. The van der Waals surface area contributed by atoms with Crippen LogP contribution in [-0.2, 0) is 6.61 Å². The van der Waals surface area contributed by atoms with Crippen molar-refractivity contribution in [2.75, 3.05) is 7.11 Å². The van der Waals surface area contributed by atoms with Crippen LogP contribution < -0.4 is 9.47 Å². The molecule has 154 valence electrons. The molecule has 0 saturated carbocycles. The molecule has 0 fully saturated rings. The number of carboxylic acid groups (broad SMARTS) is 1. The average Bonchev–Trinajstić information content (AvgIpc) is 3.44. The molecule has 0 aliphatic carbocycles. The van der Waals surface area contributed by atoms with Gasteiger partial charge in [0.15, 0.2) is 11.5 Å². The zero-order chi connectivity index (χ0) is 21.4. The van der Waals surface area contributed by atoms with Gasteiger partial charge in [0.05, 0.1) is 17.5 Å². The lowest BCUT2D eigenvalue weighted by Crippen LogP contribution is -2.04. The van der Waals surface area contributed by atoms with Gasteiger partial charge in [-0.1, -0.05) is 0 Å². The lowest BCUT2D eigenvalue weighted by molar-refractivity contribution is 0.0702. The number of carboxylic acids is 1. The molecular formula is C21H15N5O4S. The number of ether oxygens (including phenoxy) is 2. The standard InChI is InChI=1S/C21H15N5O4S/c1-29-12-2-3-13-15(10-12)22-9-8-16(13)30-11-20-24-23-19-7-4-14(25-26(19)20)17-5-6-18(31-17)21(27)28/h2-10H,11H2,1H3,(H,27,28). The molecule has 0 aliphatic heterocycles. The van der Waals surface area contributed by atoms with Crippen molar-refractivity contribution in [3.05, 3.63) is 65.4 Å². The molecule has 4 aromatic heterocycles. The number of methoxy groups -OCH3 is 1. The maximum atomic E-state index is 11.2. The highest BCUT2D eigenvalue weighted by Crippen LogP contribution is 2.28. The summed E-state index contributed by atoms with van der Waals surface area (Å²) in [5.74, 6) is 0.935. The second kappa shape index (κ2) is 7.65. The van der Waals surface area contributed by atoms with Crippen LogP contribution in [0, 0.1) is 0 Å². The van der Waals surface area contributed by atoms with Gasteiger partial charge in [-0.15, -0.1) is 21.5 Å². The SMILES string of the molecule is COc1ccc2c(OCc3nnc4ccc(-c5ccc(C(=O)O)s5)nn34)ccnc2c1. The first-order valence-electron chi connectivity index (χ1n) is 9.23. The van der Waals surface area contributed by atoms with E-state index in [-0.39, 0.29) is 11.5 Å². The van der Waals surface area contributed by atoms with Gasteiger partial charge in [-0.25, -0.2) is 4.79 Å². The van der Waals surface area contributed by atoms with Crippen LogP contribution in [0.15, 0.2) is 54.7 Å². The van der Waals surface area contributed by atoms with Gasteiger partial charge in [0.25, 0.3) is 0 Å². The van der Waals surface area contributed by atoms with Gasteiger partial charge in [0.2, 0.25) is 0 Å². The number of thiophene rings is 1. The molecule has 0 atom stereocenters. The highest BCUT2D eigenvalue weighted by Gasteiger charge is 2.13. The molecule has 31 heavy (non-hydrogen) atoms. The Morgan fingerprint density at radius 3 is 2.84 bits per heavy atom. The second-order valence-electron chi connectivity index (χ2n) is 6.55. The Bertz CT molecular complexity index is 1430. The Labute approximate surface area is 179 Å². The Hall–Kier alpha value is -4.05. The molecule has 0 aliphatic rings. The van der Waals surface area contributed by atoms with Gasteiger partial charge in [0.1, 0.15) is 28.7 Å². The van der Waals surface area contributed by atoms with Crippen molar-refractivity contribution in [1.82, 2.24) is 24.8 Å². The first-order chi connectivity index (χ1) is 15.1. The fourth-order valence-electron chi connectivity index (χ4n) is 3.14. The molecule has 0 spiro atoms. The molecule has 1 aromatic carbocycles. The predicted octanol–water partition coefficient (Wildman–Crippen LogP) is 3.69. The van der Waals surface area contributed by atoms with Crippen molar-refractivity contribution in [1.29, 1.82) is 0 Å². The summed E-state index contributed by atoms with van der Waals surface area (Å²) in [6, 6.07) is 14.2. The first kappa shape index (κ1) is 18.9. The molecule has 9 nitrogen and oxygen atoms in total. The number of pyridine rings is 1. The van der Waals surface area contributed by atoms with E-state index in [4.69, 9.17) is 14.6 Å². The second-order valence-corrected chi connectivity index (χ2v) is 7.64. The number of carbonyl (C=O) groups is 1. The fourth-order valence-corrected chi connectivity index (χ4v) is 3.95. The number of hydrogen-bond donors (Lipinski definition) is 1. The normalized spacial score (nSPS) is 11.1.